The van der Waals surface area contributed by atoms with Gasteiger partial charge >= 0.3 is 18.0 Å². The number of nitrogens with one attached hydrogen (secondary N) is 1. The summed E-state index contributed by atoms with van der Waals surface area (Å²) < 4.78 is 10.00. The highest BCUT2D eigenvalue weighted by Crippen LogP contribution is 2.44. The molecule has 1 unspecified atom stereocenters. The Hall–Kier alpha value is -3.88. The van der Waals surface area contributed by atoms with Gasteiger partial charge in [0.15, 0.2) is 0 Å². The van der Waals surface area contributed by atoms with Crippen molar-refractivity contribution < 1.29 is 33.8 Å². The number of likely N-dealkylation sites (N-methyl/N-ethyl adjacent to an activating group) is 1. The molecule has 0 aliphatic heterocycles. The first kappa shape index (κ1) is 24.8. The lowest BCUT2D eigenvalue weighted by molar-refractivity contribution is -0.142. The lowest BCUT2D eigenvalue weighted by Crippen LogP contribution is -2.49. The number of esters is 1. The topological polar surface area (TPSA) is 122 Å². The van der Waals surface area contributed by atoms with Crippen molar-refractivity contribution in [3.8, 4) is 11.1 Å². The second kappa shape index (κ2) is 11.3. The van der Waals surface area contributed by atoms with Crippen LogP contribution in [0.3, 0.4) is 0 Å². The highest BCUT2D eigenvalue weighted by atomic mass is 16.5. The first-order chi connectivity index (χ1) is 16.3. The Morgan fingerprint density at radius 3 is 2.18 bits per heavy atom. The zero-order chi connectivity index (χ0) is 24.7. The molecule has 0 heterocycles. The maximum absolute atomic E-state index is 12.7. The summed E-state index contributed by atoms with van der Waals surface area (Å²) in [6.07, 6.45) is -0.994. The van der Waals surface area contributed by atoms with E-state index in [1.807, 2.05) is 48.5 Å². The predicted molar refractivity (Wildman–Crippen MR) is 123 cm³/mol. The first-order valence-corrected chi connectivity index (χ1v) is 11.0. The third kappa shape index (κ3) is 5.92. The largest absolute Gasteiger partial charge is 0.481 e. The van der Waals surface area contributed by atoms with Crippen molar-refractivity contribution in [2.24, 2.45) is 0 Å². The van der Waals surface area contributed by atoms with Crippen LogP contribution in [0.4, 0.5) is 4.79 Å². The van der Waals surface area contributed by atoms with Gasteiger partial charge in [-0.15, -0.1) is 0 Å². The molecular formula is C25H28N2O7. The minimum Gasteiger partial charge on any atom is -0.481 e. The number of hydrogen-bond donors (Lipinski definition) is 2. The molecule has 1 atom stereocenters. The van der Waals surface area contributed by atoms with E-state index in [0.29, 0.717) is 6.42 Å². The summed E-state index contributed by atoms with van der Waals surface area (Å²) in [5.41, 5.74) is 4.25. The summed E-state index contributed by atoms with van der Waals surface area (Å²) in [7, 11) is 2.76. The summed E-state index contributed by atoms with van der Waals surface area (Å²) >= 11 is 0. The number of amides is 2. The van der Waals surface area contributed by atoms with Gasteiger partial charge in [0.2, 0.25) is 5.91 Å². The third-order valence-electron chi connectivity index (χ3n) is 5.79. The highest BCUT2D eigenvalue weighted by Gasteiger charge is 2.31. The molecule has 0 radical (unpaired) electrons. The standard InChI is InChI=1S/C25H28N2O7/c1-27(13-7-12-23(30)33-2)24(31)21(14-22(28)29)26-25(32)34-15-20-18-10-5-3-8-16(18)17-9-4-6-11-19(17)20/h3-6,8-11,20-21H,7,12-15H2,1-2H3,(H,26,32)(H,28,29). The van der Waals surface area contributed by atoms with Crippen molar-refractivity contribution in [3.05, 3.63) is 59.7 Å². The van der Waals surface area contributed by atoms with Crippen molar-refractivity contribution in [1.29, 1.82) is 0 Å². The molecule has 9 heteroatoms. The average Bonchev–Trinajstić information content (AvgIpc) is 3.15. The van der Waals surface area contributed by atoms with Gasteiger partial charge < -0.3 is 24.8 Å². The van der Waals surface area contributed by atoms with E-state index in [-0.39, 0.29) is 25.5 Å². The minimum absolute atomic E-state index is 0.0445. The number of ether oxygens (including phenoxy) is 2. The van der Waals surface area contributed by atoms with Crippen LogP contribution in [-0.4, -0.2) is 67.3 Å². The lowest BCUT2D eigenvalue weighted by Gasteiger charge is -2.24. The van der Waals surface area contributed by atoms with Crippen molar-refractivity contribution in [2.75, 3.05) is 27.3 Å². The van der Waals surface area contributed by atoms with E-state index in [1.165, 1.54) is 19.1 Å². The number of benzene rings is 2. The highest BCUT2D eigenvalue weighted by molar-refractivity contribution is 5.89. The van der Waals surface area contributed by atoms with Gasteiger partial charge in [-0.25, -0.2) is 4.79 Å². The molecule has 3 rings (SSSR count). The van der Waals surface area contributed by atoms with Crippen LogP contribution in [0, 0.1) is 0 Å². The number of alkyl carbamates (subject to hydrolysis) is 1. The molecule has 2 aromatic rings. The van der Waals surface area contributed by atoms with Gasteiger partial charge in [-0.05, 0) is 28.7 Å². The molecule has 0 fully saturated rings. The first-order valence-electron chi connectivity index (χ1n) is 11.0. The van der Waals surface area contributed by atoms with Gasteiger partial charge in [-0.2, -0.15) is 0 Å². The number of carboxylic acid groups (broad SMARTS) is 1. The zero-order valence-corrected chi connectivity index (χ0v) is 19.2. The van der Waals surface area contributed by atoms with Crippen LogP contribution in [0.5, 0.6) is 0 Å². The molecule has 1 aliphatic rings. The molecule has 34 heavy (non-hydrogen) atoms. The van der Waals surface area contributed by atoms with Gasteiger partial charge in [0.1, 0.15) is 12.6 Å². The van der Waals surface area contributed by atoms with Crippen molar-refractivity contribution in [2.45, 2.75) is 31.2 Å². The Balaban J connectivity index is 1.61. The Kier molecular flexibility index (Phi) is 8.24. The molecule has 2 amide bonds. The number of rotatable bonds is 10. The summed E-state index contributed by atoms with van der Waals surface area (Å²) in [5, 5.41) is 11.6. The van der Waals surface area contributed by atoms with Crippen molar-refractivity contribution in [1.82, 2.24) is 10.2 Å². The molecule has 0 bridgehead atoms. The molecule has 180 valence electrons. The third-order valence-corrected chi connectivity index (χ3v) is 5.79. The predicted octanol–water partition coefficient (Wildman–Crippen LogP) is 2.78. The number of carboxylic acids is 1. The Labute approximate surface area is 197 Å². The fourth-order valence-electron chi connectivity index (χ4n) is 4.10. The van der Waals surface area contributed by atoms with E-state index >= 15 is 0 Å². The lowest BCUT2D eigenvalue weighted by atomic mass is 9.98. The number of carbonyl (C=O) groups is 4. The van der Waals surface area contributed by atoms with Crippen LogP contribution >= 0.6 is 0 Å². The van der Waals surface area contributed by atoms with Gasteiger partial charge in [-0.1, -0.05) is 48.5 Å². The van der Waals surface area contributed by atoms with Crippen LogP contribution in [-0.2, 0) is 23.9 Å². The van der Waals surface area contributed by atoms with Crippen LogP contribution in [0.15, 0.2) is 48.5 Å². The molecule has 0 spiro atoms. The second-order valence-electron chi connectivity index (χ2n) is 8.06. The molecule has 9 nitrogen and oxygen atoms in total. The molecule has 2 N–H and O–H groups in total. The van der Waals surface area contributed by atoms with Gasteiger partial charge in [0.25, 0.3) is 0 Å². The zero-order valence-electron chi connectivity index (χ0n) is 19.2. The van der Waals surface area contributed by atoms with E-state index in [0.717, 1.165) is 22.3 Å². The number of hydrogen-bond acceptors (Lipinski definition) is 6. The van der Waals surface area contributed by atoms with E-state index in [9.17, 15) is 24.3 Å². The smallest absolute Gasteiger partial charge is 0.407 e. The van der Waals surface area contributed by atoms with E-state index in [2.05, 4.69) is 10.1 Å². The number of carbonyl (C=O) groups excluding carboxylic acids is 3. The SMILES string of the molecule is COC(=O)CCCN(C)C(=O)C(CC(=O)O)NC(=O)OCC1c2ccccc2-c2ccccc21. The summed E-state index contributed by atoms with van der Waals surface area (Å²) in [4.78, 5) is 49.1. The number of fused-ring (bicyclic) bond motifs is 3. The fraction of sp³-hybridized carbons (Fsp3) is 0.360. The molecule has 1 aliphatic carbocycles. The molecule has 0 saturated carbocycles. The van der Waals surface area contributed by atoms with Crippen molar-refractivity contribution >= 4 is 23.9 Å². The van der Waals surface area contributed by atoms with E-state index in [1.54, 1.807) is 0 Å². The molecule has 2 aromatic carbocycles. The maximum atomic E-state index is 12.7. The van der Waals surface area contributed by atoms with Crippen LogP contribution < -0.4 is 5.32 Å². The number of methoxy groups -OCH3 is 1. The van der Waals surface area contributed by atoms with E-state index < -0.39 is 36.4 Å². The molecule has 0 saturated heterocycles. The Morgan fingerprint density at radius 1 is 1.03 bits per heavy atom. The Bertz CT molecular complexity index is 1020. The van der Waals surface area contributed by atoms with Gasteiger partial charge in [-0.3, -0.25) is 14.4 Å². The molecule has 0 aromatic heterocycles. The average molecular weight is 469 g/mol. The molecular weight excluding hydrogens is 440 g/mol. The van der Waals surface area contributed by atoms with E-state index in [4.69, 9.17) is 4.74 Å². The van der Waals surface area contributed by atoms with Gasteiger partial charge in [0, 0.05) is 25.9 Å². The summed E-state index contributed by atoms with van der Waals surface area (Å²) in [6.45, 7) is 0.249. The number of aliphatic carboxylic acids is 1. The maximum Gasteiger partial charge on any atom is 0.407 e. The summed E-state index contributed by atoms with van der Waals surface area (Å²) in [5.74, 6) is -2.38. The van der Waals surface area contributed by atoms with Crippen molar-refractivity contribution in [3.63, 3.8) is 0 Å². The fourth-order valence-corrected chi connectivity index (χ4v) is 4.10. The van der Waals surface area contributed by atoms with Crippen LogP contribution in [0.25, 0.3) is 11.1 Å². The van der Waals surface area contributed by atoms with Crippen LogP contribution in [0.1, 0.15) is 36.3 Å². The summed E-state index contributed by atoms with van der Waals surface area (Å²) in [6, 6.07) is 14.5. The Morgan fingerprint density at radius 2 is 1.62 bits per heavy atom. The quantitative estimate of drug-likeness (QED) is 0.514. The van der Waals surface area contributed by atoms with Gasteiger partial charge in [0.05, 0.1) is 13.5 Å². The number of nitrogens with zero attached hydrogens (tertiary/aromatic N) is 1. The minimum atomic E-state index is -1.30. The normalized spacial score (nSPS) is 12.8. The van der Waals surface area contributed by atoms with Crippen LogP contribution in [0.2, 0.25) is 0 Å². The monoisotopic (exact) mass is 468 g/mol. The second-order valence-corrected chi connectivity index (χ2v) is 8.06.